The largest absolute Gasteiger partial charge is 0.508 e. The Balaban J connectivity index is 1.19. The van der Waals surface area contributed by atoms with Crippen LogP contribution < -0.4 is 9.47 Å². The second-order valence-corrected chi connectivity index (χ2v) is 7.78. The summed E-state index contributed by atoms with van der Waals surface area (Å²) in [5.41, 5.74) is 2.15. The summed E-state index contributed by atoms with van der Waals surface area (Å²) < 4.78 is 11.9. The lowest BCUT2D eigenvalue weighted by atomic mass is 10.1. The molecule has 0 amide bonds. The van der Waals surface area contributed by atoms with Crippen LogP contribution in [0.5, 0.6) is 23.0 Å². The first kappa shape index (κ1) is 19.8. The van der Waals surface area contributed by atoms with Gasteiger partial charge in [-0.1, -0.05) is 48.5 Å². The van der Waals surface area contributed by atoms with Crippen molar-refractivity contribution in [1.29, 1.82) is 0 Å². The van der Waals surface area contributed by atoms with E-state index in [4.69, 9.17) is 9.47 Å². The number of ether oxygens (including phenoxy) is 2. The van der Waals surface area contributed by atoms with Crippen molar-refractivity contribution in [1.82, 2.24) is 0 Å². The van der Waals surface area contributed by atoms with Crippen molar-refractivity contribution in [2.45, 2.75) is 13.2 Å². The Bertz CT molecular complexity index is 1280. The fourth-order valence-corrected chi connectivity index (χ4v) is 3.67. The highest BCUT2D eigenvalue weighted by Crippen LogP contribution is 2.26. The molecule has 0 spiro atoms. The first-order valence-electron chi connectivity index (χ1n) is 10.4. The van der Waals surface area contributed by atoms with Gasteiger partial charge in [0.15, 0.2) is 0 Å². The van der Waals surface area contributed by atoms with Crippen molar-refractivity contribution in [3.63, 3.8) is 0 Å². The molecule has 0 heterocycles. The zero-order valence-electron chi connectivity index (χ0n) is 17.4. The molecule has 0 aliphatic rings. The lowest BCUT2D eigenvalue weighted by Gasteiger charge is -2.10. The van der Waals surface area contributed by atoms with Gasteiger partial charge in [-0.3, -0.25) is 0 Å². The molecule has 158 valence electrons. The number of benzene rings is 5. The van der Waals surface area contributed by atoms with Crippen LogP contribution in [0.1, 0.15) is 11.1 Å². The second-order valence-electron chi connectivity index (χ2n) is 7.78. The van der Waals surface area contributed by atoms with Crippen LogP contribution in [-0.4, -0.2) is 10.2 Å². The number of hydrogen-bond acceptors (Lipinski definition) is 4. The van der Waals surface area contributed by atoms with Gasteiger partial charge in [0.1, 0.15) is 36.2 Å². The van der Waals surface area contributed by atoms with Crippen LogP contribution in [0.25, 0.3) is 21.5 Å². The molecule has 5 aromatic rings. The van der Waals surface area contributed by atoms with E-state index in [9.17, 15) is 10.2 Å². The van der Waals surface area contributed by atoms with Crippen LogP contribution in [0.3, 0.4) is 0 Å². The molecule has 32 heavy (non-hydrogen) atoms. The van der Waals surface area contributed by atoms with E-state index in [1.54, 1.807) is 24.3 Å². The Morgan fingerprint density at radius 3 is 1.25 bits per heavy atom. The van der Waals surface area contributed by atoms with Crippen LogP contribution in [0.4, 0.5) is 0 Å². The highest BCUT2D eigenvalue weighted by Gasteiger charge is 2.03. The molecule has 0 aliphatic heterocycles. The molecule has 4 heteroatoms. The first-order valence-corrected chi connectivity index (χ1v) is 10.4. The van der Waals surface area contributed by atoms with Crippen molar-refractivity contribution >= 4 is 21.5 Å². The number of fused-ring (bicyclic) bond motifs is 2. The van der Waals surface area contributed by atoms with E-state index in [-0.39, 0.29) is 11.5 Å². The Labute approximate surface area is 185 Å². The molecule has 4 nitrogen and oxygen atoms in total. The van der Waals surface area contributed by atoms with E-state index in [0.29, 0.717) is 13.2 Å². The second kappa shape index (κ2) is 8.52. The summed E-state index contributed by atoms with van der Waals surface area (Å²) >= 11 is 0. The average Bonchev–Trinajstić information content (AvgIpc) is 2.82. The lowest BCUT2D eigenvalue weighted by molar-refractivity contribution is 0.303. The molecule has 0 saturated carbocycles. The molecule has 0 fully saturated rings. The van der Waals surface area contributed by atoms with E-state index >= 15 is 0 Å². The zero-order chi connectivity index (χ0) is 21.9. The molecular formula is C28H22O4. The van der Waals surface area contributed by atoms with E-state index in [2.05, 4.69) is 0 Å². The molecule has 0 atom stereocenters. The Hall–Kier alpha value is -4.18. The zero-order valence-corrected chi connectivity index (χ0v) is 17.4. The Morgan fingerprint density at radius 1 is 0.438 bits per heavy atom. The maximum absolute atomic E-state index is 9.58. The van der Waals surface area contributed by atoms with Gasteiger partial charge in [-0.15, -0.1) is 0 Å². The normalized spacial score (nSPS) is 11.0. The third-order valence-corrected chi connectivity index (χ3v) is 5.42. The van der Waals surface area contributed by atoms with Gasteiger partial charge in [-0.2, -0.15) is 0 Å². The van der Waals surface area contributed by atoms with Crippen molar-refractivity contribution in [3.8, 4) is 23.0 Å². The quantitative estimate of drug-likeness (QED) is 0.325. The molecule has 0 aliphatic carbocycles. The van der Waals surface area contributed by atoms with E-state index < -0.39 is 0 Å². The molecule has 0 bridgehead atoms. The Kier molecular flexibility index (Phi) is 5.26. The smallest absolute Gasteiger partial charge is 0.120 e. The minimum atomic E-state index is 0.260. The van der Waals surface area contributed by atoms with E-state index in [0.717, 1.165) is 44.2 Å². The molecule has 2 N–H and O–H groups in total. The highest BCUT2D eigenvalue weighted by molar-refractivity contribution is 5.85. The van der Waals surface area contributed by atoms with Crippen LogP contribution >= 0.6 is 0 Å². The van der Waals surface area contributed by atoms with Gasteiger partial charge in [-0.25, -0.2) is 0 Å². The maximum atomic E-state index is 9.58. The van der Waals surface area contributed by atoms with Gasteiger partial charge in [0, 0.05) is 0 Å². The van der Waals surface area contributed by atoms with E-state index in [1.807, 2.05) is 72.8 Å². The summed E-state index contributed by atoms with van der Waals surface area (Å²) in [7, 11) is 0. The minimum absolute atomic E-state index is 0.260. The van der Waals surface area contributed by atoms with Crippen molar-refractivity contribution in [2.24, 2.45) is 0 Å². The third-order valence-electron chi connectivity index (χ3n) is 5.42. The predicted octanol–water partition coefficient (Wildman–Crippen LogP) is 6.56. The monoisotopic (exact) mass is 422 g/mol. The molecule has 0 radical (unpaired) electrons. The van der Waals surface area contributed by atoms with Crippen LogP contribution in [-0.2, 0) is 13.2 Å². The molecule has 0 unspecified atom stereocenters. The standard InChI is InChI=1S/C28H22O4/c29-25-9-5-23-15-27(11-7-21(23)13-25)31-17-19-1-2-20(4-3-19)18-32-28-12-8-22-14-26(30)10-6-24(22)16-28/h1-16,29-30H,17-18H2. The minimum Gasteiger partial charge on any atom is -0.508 e. The van der Waals surface area contributed by atoms with Crippen molar-refractivity contribution in [2.75, 3.05) is 0 Å². The van der Waals surface area contributed by atoms with Gasteiger partial charge >= 0.3 is 0 Å². The van der Waals surface area contributed by atoms with Crippen molar-refractivity contribution in [3.05, 3.63) is 108 Å². The molecular weight excluding hydrogens is 400 g/mol. The topological polar surface area (TPSA) is 58.9 Å². The molecule has 5 rings (SSSR count). The van der Waals surface area contributed by atoms with E-state index in [1.165, 1.54) is 0 Å². The third kappa shape index (κ3) is 4.44. The SMILES string of the molecule is Oc1ccc2cc(OCc3ccc(COc4ccc5cc(O)ccc5c4)cc3)ccc2c1. The predicted molar refractivity (Wildman–Crippen MR) is 126 cm³/mol. The summed E-state index contributed by atoms with van der Waals surface area (Å²) in [6, 6.07) is 30.4. The van der Waals surface area contributed by atoms with Crippen LogP contribution in [0.15, 0.2) is 97.1 Å². The lowest BCUT2D eigenvalue weighted by Crippen LogP contribution is -1.98. The number of hydrogen-bond donors (Lipinski definition) is 2. The van der Waals surface area contributed by atoms with Gasteiger partial charge in [0.2, 0.25) is 0 Å². The van der Waals surface area contributed by atoms with Gasteiger partial charge < -0.3 is 19.7 Å². The fraction of sp³-hybridized carbons (Fsp3) is 0.0714. The maximum Gasteiger partial charge on any atom is 0.120 e. The summed E-state index contributed by atoms with van der Waals surface area (Å²) in [6.07, 6.45) is 0. The number of rotatable bonds is 6. The van der Waals surface area contributed by atoms with Gasteiger partial charge in [-0.05, 0) is 81.2 Å². The molecule has 0 saturated heterocycles. The summed E-state index contributed by atoms with van der Waals surface area (Å²) in [6.45, 7) is 0.949. The summed E-state index contributed by atoms with van der Waals surface area (Å²) in [5.74, 6) is 2.10. The molecule has 0 aromatic heterocycles. The highest BCUT2D eigenvalue weighted by atomic mass is 16.5. The number of phenols is 2. The van der Waals surface area contributed by atoms with Gasteiger partial charge in [0.05, 0.1) is 0 Å². The summed E-state index contributed by atoms with van der Waals surface area (Å²) in [5, 5.41) is 23.2. The first-order chi connectivity index (χ1) is 15.6. The number of aromatic hydroxyl groups is 2. The number of phenolic OH excluding ortho intramolecular Hbond substituents is 2. The Morgan fingerprint density at radius 2 is 0.812 bits per heavy atom. The average molecular weight is 422 g/mol. The van der Waals surface area contributed by atoms with Crippen LogP contribution in [0.2, 0.25) is 0 Å². The van der Waals surface area contributed by atoms with Crippen LogP contribution in [0, 0.1) is 0 Å². The van der Waals surface area contributed by atoms with Gasteiger partial charge in [0.25, 0.3) is 0 Å². The fourth-order valence-electron chi connectivity index (χ4n) is 3.67. The summed E-state index contributed by atoms with van der Waals surface area (Å²) in [4.78, 5) is 0. The van der Waals surface area contributed by atoms with Crippen molar-refractivity contribution < 1.29 is 19.7 Å². The molecule has 5 aromatic carbocycles.